The Hall–Kier alpha value is -1.01. The van der Waals surface area contributed by atoms with E-state index in [-0.39, 0.29) is 37.3 Å². The number of nitrogens with zero attached hydrogens (tertiary/aromatic N) is 2. The van der Waals surface area contributed by atoms with Crippen LogP contribution in [0.5, 0.6) is 0 Å². The lowest BCUT2D eigenvalue weighted by atomic mass is 9.77. The Morgan fingerprint density at radius 3 is 2.12 bits per heavy atom. The standard InChI is InChI=1S/C38H72N2O12/c1-15-27-38(10,46)31(42)24(6)40(13)19-20(2)17-36(8,45)33(52-35-29(41)26(39(11)12)16-21(3)48-35)22(4)30(23(5)34(44)50-27)51-28-18-37(9,47-14)32(43)25(7)49-28/h20-33,35,41-43,45-46H,15-19H2,1-14H3/t20-,21-,22+,23-,24-,25+,26+,27-,28-,29-,30-,31-,32-,33-,35-,36-,37+,38-/m1/s1. The highest BCUT2D eigenvalue weighted by Gasteiger charge is 2.52. The van der Waals surface area contributed by atoms with E-state index in [4.69, 9.17) is 28.4 Å². The molecule has 3 rings (SSSR count). The summed E-state index contributed by atoms with van der Waals surface area (Å²) in [6, 6.07) is -0.808. The molecule has 0 aliphatic carbocycles. The minimum atomic E-state index is -1.80. The van der Waals surface area contributed by atoms with E-state index >= 15 is 0 Å². The van der Waals surface area contributed by atoms with Crippen LogP contribution in [0.4, 0.5) is 0 Å². The van der Waals surface area contributed by atoms with Crippen LogP contribution in [0, 0.1) is 17.8 Å². The normalized spacial score (nSPS) is 49.6. The van der Waals surface area contributed by atoms with Gasteiger partial charge in [-0.2, -0.15) is 0 Å². The summed E-state index contributed by atoms with van der Waals surface area (Å²) in [5.41, 5.74) is -4.37. The smallest absolute Gasteiger partial charge is 0.311 e. The Morgan fingerprint density at radius 2 is 1.56 bits per heavy atom. The SMILES string of the molecule is CC[C@H]1OC(=O)[C@H](C)[C@H](O[C@@H]2C[C@](C)(OC)[C@H](O)[C@H](C)O2)[C@H](C)[C@@H](O[C@H]2O[C@H](C)C[C@H](N(C)C)[C@H]2O)[C@](C)(O)C[C@@H](C)CN(C)[C@H](C)[C@@H](O)[C@]1(C)O. The predicted molar refractivity (Wildman–Crippen MR) is 194 cm³/mol. The maximum atomic E-state index is 14.2. The third-order valence-electron chi connectivity index (χ3n) is 12.2. The van der Waals surface area contributed by atoms with Crippen molar-refractivity contribution in [2.75, 3.05) is 34.8 Å². The molecule has 3 heterocycles. The number of rotatable bonds is 7. The molecule has 0 bridgehead atoms. The van der Waals surface area contributed by atoms with Gasteiger partial charge in [0.05, 0.1) is 41.5 Å². The molecular formula is C38H72N2O12. The molecule has 0 unspecified atom stereocenters. The number of cyclic esters (lactones) is 1. The van der Waals surface area contributed by atoms with Crippen LogP contribution in [-0.4, -0.2) is 166 Å². The molecule has 3 saturated heterocycles. The van der Waals surface area contributed by atoms with E-state index in [1.807, 2.05) is 51.7 Å². The molecule has 0 amide bonds. The van der Waals surface area contributed by atoms with Gasteiger partial charge in [-0.05, 0) is 94.8 Å². The first kappa shape index (κ1) is 45.4. The Bertz CT molecular complexity index is 1140. The van der Waals surface area contributed by atoms with Crippen molar-refractivity contribution < 1.29 is 58.7 Å². The zero-order valence-electron chi connectivity index (χ0n) is 34.2. The second-order valence-electron chi connectivity index (χ2n) is 17.2. The van der Waals surface area contributed by atoms with Crippen LogP contribution in [-0.2, 0) is 33.2 Å². The molecule has 3 aliphatic rings. The molecular weight excluding hydrogens is 676 g/mol. The average molecular weight is 749 g/mol. The van der Waals surface area contributed by atoms with Crippen molar-refractivity contribution in [3.8, 4) is 0 Å². The quantitative estimate of drug-likeness (QED) is 0.238. The minimum absolute atomic E-state index is 0.133. The van der Waals surface area contributed by atoms with Crippen LogP contribution in [0.25, 0.3) is 0 Å². The lowest BCUT2D eigenvalue weighted by Gasteiger charge is -2.48. The van der Waals surface area contributed by atoms with E-state index in [9.17, 15) is 30.3 Å². The average Bonchev–Trinajstić information content (AvgIpc) is 3.05. The van der Waals surface area contributed by atoms with Gasteiger partial charge >= 0.3 is 5.97 Å². The molecule has 5 N–H and O–H groups in total. The highest BCUT2D eigenvalue weighted by molar-refractivity contribution is 5.73. The van der Waals surface area contributed by atoms with Crippen LogP contribution in [0.3, 0.4) is 0 Å². The molecule has 18 atom stereocenters. The van der Waals surface area contributed by atoms with Crippen molar-refractivity contribution in [2.24, 2.45) is 17.8 Å². The number of carbonyl (C=O) groups is 1. The molecule has 3 aliphatic heterocycles. The van der Waals surface area contributed by atoms with Gasteiger partial charge in [0.2, 0.25) is 0 Å². The number of hydrogen-bond donors (Lipinski definition) is 5. The van der Waals surface area contributed by atoms with Gasteiger partial charge in [0, 0.05) is 38.1 Å². The van der Waals surface area contributed by atoms with Gasteiger partial charge < -0.3 is 63.8 Å². The minimum Gasteiger partial charge on any atom is -0.459 e. The second-order valence-corrected chi connectivity index (χ2v) is 17.2. The third kappa shape index (κ3) is 10.0. The number of aliphatic hydroxyl groups excluding tert-OH is 3. The summed E-state index contributed by atoms with van der Waals surface area (Å²) in [7, 11) is 7.12. The van der Waals surface area contributed by atoms with E-state index in [2.05, 4.69) is 0 Å². The van der Waals surface area contributed by atoms with Gasteiger partial charge in [-0.25, -0.2) is 0 Å². The van der Waals surface area contributed by atoms with Gasteiger partial charge in [0.25, 0.3) is 0 Å². The van der Waals surface area contributed by atoms with E-state index in [1.165, 1.54) is 14.0 Å². The first-order chi connectivity index (χ1) is 23.9. The van der Waals surface area contributed by atoms with Crippen LogP contribution >= 0.6 is 0 Å². The van der Waals surface area contributed by atoms with Crippen LogP contribution < -0.4 is 0 Å². The fourth-order valence-corrected chi connectivity index (χ4v) is 8.74. The van der Waals surface area contributed by atoms with Gasteiger partial charge in [-0.1, -0.05) is 20.8 Å². The topological polar surface area (TPSA) is 180 Å². The molecule has 0 aromatic rings. The number of likely N-dealkylation sites (N-methyl/N-ethyl adjacent to an activating group) is 2. The van der Waals surface area contributed by atoms with E-state index in [0.717, 1.165) is 0 Å². The summed E-state index contributed by atoms with van der Waals surface area (Å²) in [5.74, 6) is -2.58. The number of methoxy groups -OCH3 is 1. The number of hydrogen-bond acceptors (Lipinski definition) is 14. The van der Waals surface area contributed by atoms with Gasteiger partial charge in [0.1, 0.15) is 30.0 Å². The van der Waals surface area contributed by atoms with Crippen molar-refractivity contribution in [1.82, 2.24) is 9.80 Å². The maximum Gasteiger partial charge on any atom is 0.311 e. The number of aliphatic hydroxyl groups is 5. The molecule has 14 nitrogen and oxygen atoms in total. The lowest BCUT2D eigenvalue weighted by Crippen LogP contribution is -2.60. The molecule has 14 heteroatoms. The highest BCUT2D eigenvalue weighted by Crippen LogP contribution is 2.40. The molecule has 0 spiro atoms. The Labute approximate surface area is 312 Å². The van der Waals surface area contributed by atoms with Gasteiger partial charge in [-0.3, -0.25) is 4.79 Å². The summed E-state index contributed by atoms with van der Waals surface area (Å²) in [6.07, 6.45) is -8.19. The fraction of sp³-hybridized carbons (Fsp3) is 0.974. The third-order valence-corrected chi connectivity index (χ3v) is 12.2. The van der Waals surface area contributed by atoms with Crippen LogP contribution in [0.1, 0.15) is 94.9 Å². The summed E-state index contributed by atoms with van der Waals surface area (Å²) < 4.78 is 37.5. The van der Waals surface area contributed by atoms with Gasteiger partial charge in [-0.15, -0.1) is 0 Å². The van der Waals surface area contributed by atoms with Crippen molar-refractivity contribution in [3.63, 3.8) is 0 Å². The second kappa shape index (κ2) is 17.8. The number of carbonyl (C=O) groups excluding carboxylic acids is 1. The molecule has 0 radical (unpaired) electrons. The number of esters is 1. The Morgan fingerprint density at radius 1 is 0.942 bits per heavy atom. The van der Waals surface area contributed by atoms with Crippen LogP contribution in [0.15, 0.2) is 0 Å². The van der Waals surface area contributed by atoms with Crippen molar-refractivity contribution >= 4 is 5.97 Å². The highest BCUT2D eigenvalue weighted by atomic mass is 16.7. The van der Waals surface area contributed by atoms with Crippen molar-refractivity contribution in [2.45, 2.75) is 185 Å². The molecule has 0 aromatic heterocycles. The Kier molecular flexibility index (Phi) is 15.6. The first-order valence-corrected chi connectivity index (χ1v) is 19.1. The monoisotopic (exact) mass is 749 g/mol. The summed E-state index contributed by atoms with van der Waals surface area (Å²) in [5, 5.41) is 58.1. The summed E-state index contributed by atoms with van der Waals surface area (Å²) in [6.45, 7) is 18.0. The fourth-order valence-electron chi connectivity index (χ4n) is 8.74. The first-order valence-electron chi connectivity index (χ1n) is 19.1. The maximum absolute atomic E-state index is 14.2. The van der Waals surface area contributed by atoms with Crippen molar-refractivity contribution in [1.29, 1.82) is 0 Å². The predicted octanol–water partition coefficient (Wildman–Crippen LogP) is 1.90. The van der Waals surface area contributed by atoms with E-state index < -0.39 is 96.0 Å². The van der Waals surface area contributed by atoms with Crippen molar-refractivity contribution in [3.05, 3.63) is 0 Å². The zero-order valence-corrected chi connectivity index (χ0v) is 34.2. The zero-order chi connectivity index (χ0) is 39.7. The molecule has 52 heavy (non-hydrogen) atoms. The van der Waals surface area contributed by atoms with E-state index in [0.29, 0.717) is 13.0 Å². The molecule has 0 saturated carbocycles. The summed E-state index contributed by atoms with van der Waals surface area (Å²) in [4.78, 5) is 18.0. The molecule has 0 aromatic carbocycles. The largest absolute Gasteiger partial charge is 0.459 e. The molecule has 306 valence electrons. The lowest BCUT2D eigenvalue weighted by molar-refractivity contribution is -0.318. The van der Waals surface area contributed by atoms with Gasteiger partial charge in [0.15, 0.2) is 12.6 Å². The number of ether oxygens (including phenoxy) is 6. The van der Waals surface area contributed by atoms with Crippen LogP contribution in [0.2, 0.25) is 0 Å². The van der Waals surface area contributed by atoms with E-state index in [1.54, 1.807) is 41.5 Å². The summed E-state index contributed by atoms with van der Waals surface area (Å²) >= 11 is 0. The Balaban J connectivity index is 2.17. The molecule has 3 fully saturated rings.